The Kier molecular flexibility index (Phi) is 2.85. The lowest BCUT2D eigenvalue weighted by Gasteiger charge is -2.08. The highest BCUT2D eigenvalue weighted by Gasteiger charge is 2.19. The van der Waals surface area contributed by atoms with Gasteiger partial charge in [0, 0.05) is 19.2 Å². The zero-order valence-corrected chi connectivity index (χ0v) is 7.50. The predicted octanol–water partition coefficient (Wildman–Crippen LogP) is 1.90. The van der Waals surface area contributed by atoms with Crippen molar-refractivity contribution in [2.24, 2.45) is 0 Å². The zero-order chi connectivity index (χ0) is 9.90. The Morgan fingerprint density at radius 2 is 2.31 bits per heavy atom. The molecule has 0 bridgehead atoms. The van der Waals surface area contributed by atoms with Gasteiger partial charge in [0.2, 0.25) is 5.92 Å². The van der Waals surface area contributed by atoms with Gasteiger partial charge in [-0.1, -0.05) is 0 Å². The molecule has 0 saturated carbocycles. The molecule has 0 radical (unpaired) electrons. The summed E-state index contributed by atoms with van der Waals surface area (Å²) >= 11 is 0. The molecule has 0 aliphatic heterocycles. The lowest BCUT2D eigenvalue weighted by molar-refractivity contribution is 0.00971. The first kappa shape index (κ1) is 9.95. The highest BCUT2D eigenvalue weighted by Crippen LogP contribution is 2.18. The van der Waals surface area contributed by atoms with Crippen molar-refractivity contribution in [3.63, 3.8) is 0 Å². The van der Waals surface area contributed by atoms with Crippen molar-refractivity contribution in [2.75, 3.05) is 5.73 Å². The van der Waals surface area contributed by atoms with E-state index in [1.54, 1.807) is 10.9 Å². The van der Waals surface area contributed by atoms with E-state index in [0.29, 0.717) is 18.7 Å². The van der Waals surface area contributed by atoms with E-state index in [2.05, 4.69) is 5.10 Å². The summed E-state index contributed by atoms with van der Waals surface area (Å²) in [6.07, 6.45) is 3.43. The molecule has 1 heterocycles. The molecule has 1 rings (SSSR count). The van der Waals surface area contributed by atoms with Gasteiger partial charge in [-0.25, -0.2) is 8.78 Å². The van der Waals surface area contributed by atoms with E-state index in [-0.39, 0.29) is 6.42 Å². The second-order valence-corrected chi connectivity index (χ2v) is 3.21. The summed E-state index contributed by atoms with van der Waals surface area (Å²) in [6.45, 7) is 1.41. The molecule has 0 aliphatic carbocycles. The second-order valence-electron chi connectivity index (χ2n) is 3.21. The van der Waals surface area contributed by atoms with E-state index in [1.807, 2.05) is 0 Å². The van der Waals surface area contributed by atoms with Crippen LogP contribution in [0.15, 0.2) is 12.4 Å². The Bertz CT molecular complexity index is 265. The van der Waals surface area contributed by atoms with Crippen LogP contribution in [0.3, 0.4) is 0 Å². The second kappa shape index (κ2) is 3.72. The number of halogens is 2. The number of nitrogens with zero attached hydrogens (tertiary/aromatic N) is 2. The first-order chi connectivity index (χ1) is 5.97. The number of hydrogen-bond acceptors (Lipinski definition) is 2. The maximum absolute atomic E-state index is 12.4. The van der Waals surface area contributed by atoms with Crippen LogP contribution in [0.2, 0.25) is 0 Å². The van der Waals surface area contributed by atoms with Gasteiger partial charge in [-0.3, -0.25) is 4.68 Å². The molecule has 5 heteroatoms. The number of aryl methyl sites for hydroxylation is 1. The van der Waals surface area contributed by atoms with E-state index >= 15 is 0 Å². The number of aromatic nitrogens is 2. The number of alkyl halides is 2. The van der Waals surface area contributed by atoms with Gasteiger partial charge in [0.15, 0.2) is 0 Å². The van der Waals surface area contributed by atoms with Crippen molar-refractivity contribution in [3.05, 3.63) is 12.4 Å². The maximum Gasteiger partial charge on any atom is 0.245 e. The minimum Gasteiger partial charge on any atom is -0.396 e. The van der Waals surface area contributed by atoms with Crippen molar-refractivity contribution >= 4 is 5.69 Å². The molecule has 0 amide bonds. The molecule has 0 aliphatic rings. The van der Waals surface area contributed by atoms with E-state index in [9.17, 15) is 8.78 Å². The Morgan fingerprint density at radius 3 is 2.77 bits per heavy atom. The predicted molar refractivity (Wildman–Crippen MR) is 46.5 cm³/mol. The van der Waals surface area contributed by atoms with Crippen LogP contribution >= 0.6 is 0 Å². The van der Waals surface area contributed by atoms with E-state index in [1.165, 1.54) is 6.20 Å². The van der Waals surface area contributed by atoms with Crippen LogP contribution in [0.5, 0.6) is 0 Å². The molecular weight excluding hydrogens is 176 g/mol. The fourth-order valence-corrected chi connectivity index (χ4v) is 1.05. The summed E-state index contributed by atoms with van der Waals surface area (Å²) in [7, 11) is 0. The molecule has 0 saturated heterocycles. The van der Waals surface area contributed by atoms with Crippen LogP contribution in [0.1, 0.15) is 19.8 Å². The molecule has 13 heavy (non-hydrogen) atoms. The molecule has 1 aromatic heterocycles. The topological polar surface area (TPSA) is 43.8 Å². The summed E-state index contributed by atoms with van der Waals surface area (Å²) in [5.41, 5.74) is 5.96. The smallest absolute Gasteiger partial charge is 0.245 e. The van der Waals surface area contributed by atoms with Gasteiger partial charge < -0.3 is 5.73 Å². The summed E-state index contributed by atoms with van der Waals surface area (Å²) in [6, 6.07) is 0. The minimum atomic E-state index is -2.58. The van der Waals surface area contributed by atoms with Gasteiger partial charge in [0.25, 0.3) is 0 Å². The fourth-order valence-electron chi connectivity index (χ4n) is 1.05. The summed E-state index contributed by atoms with van der Waals surface area (Å²) < 4.78 is 26.3. The van der Waals surface area contributed by atoms with Crippen molar-refractivity contribution in [1.29, 1.82) is 0 Å². The van der Waals surface area contributed by atoms with Crippen molar-refractivity contribution < 1.29 is 8.78 Å². The van der Waals surface area contributed by atoms with Crippen LogP contribution in [-0.2, 0) is 6.54 Å². The van der Waals surface area contributed by atoms with Crippen LogP contribution in [0.25, 0.3) is 0 Å². The summed E-state index contributed by atoms with van der Waals surface area (Å²) in [5, 5.41) is 3.88. The summed E-state index contributed by atoms with van der Waals surface area (Å²) in [5.74, 6) is -2.58. The van der Waals surface area contributed by atoms with Gasteiger partial charge in [-0.2, -0.15) is 5.10 Å². The number of nitrogen functional groups attached to an aromatic ring is 1. The van der Waals surface area contributed by atoms with Crippen molar-refractivity contribution in [1.82, 2.24) is 9.78 Å². The first-order valence-electron chi connectivity index (χ1n) is 4.13. The number of hydrogen-bond donors (Lipinski definition) is 1. The average Bonchev–Trinajstić information content (AvgIpc) is 2.33. The van der Waals surface area contributed by atoms with Gasteiger partial charge >= 0.3 is 0 Å². The van der Waals surface area contributed by atoms with E-state index < -0.39 is 5.92 Å². The molecule has 0 atom stereocenters. The molecule has 0 spiro atoms. The lowest BCUT2D eigenvalue weighted by atomic mass is 10.2. The maximum atomic E-state index is 12.4. The average molecular weight is 189 g/mol. The Balaban J connectivity index is 2.28. The molecule has 74 valence electrons. The third-order valence-electron chi connectivity index (χ3n) is 1.66. The van der Waals surface area contributed by atoms with E-state index in [0.717, 1.165) is 6.92 Å². The largest absolute Gasteiger partial charge is 0.396 e. The third-order valence-corrected chi connectivity index (χ3v) is 1.66. The van der Waals surface area contributed by atoms with Gasteiger partial charge in [-0.05, 0) is 13.3 Å². The number of nitrogens with two attached hydrogens (primary N) is 1. The quantitative estimate of drug-likeness (QED) is 0.786. The molecule has 0 aromatic carbocycles. The Morgan fingerprint density at radius 1 is 1.62 bits per heavy atom. The van der Waals surface area contributed by atoms with Crippen LogP contribution < -0.4 is 5.73 Å². The monoisotopic (exact) mass is 189 g/mol. The first-order valence-corrected chi connectivity index (χ1v) is 4.13. The molecule has 0 fully saturated rings. The Hall–Kier alpha value is -1.13. The Labute approximate surface area is 75.5 Å². The third kappa shape index (κ3) is 3.87. The number of anilines is 1. The molecule has 3 nitrogen and oxygen atoms in total. The molecule has 2 N–H and O–H groups in total. The normalized spacial score (nSPS) is 11.9. The van der Waals surface area contributed by atoms with Crippen molar-refractivity contribution in [3.8, 4) is 0 Å². The molecule has 1 aromatic rings. The van der Waals surface area contributed by atoms with E-state index in [4.69, 9.17) is 5.73 Å². The van der Waals surface area contributed by atoms with Crippen molar-refractivity contribution in [2.45, 2.75) is 32.2 Å². The van der Waals surface area contributed by atoms with Gasteiger partial charge in [-0.15, -0.1) is 0 Å². The minimum absolute atomic E-state index is 0.118. The standard InChI is InChI=1S/C8H13F2N3/c1-8(9,10)3-2-4-13-6-7(11)5-12-13/h5-6H,2-4,11H2,1H3. The molecular formula is C8H13F2N3. The van der Waals surface area contributed by atoms with Gasteiger partial charge in [0.1, 0.15) is 0 Å². The number of rotatable bonds is 4. The SMILES string of the molecule is CC(F)(F)CCCn1cc(N)cn1. The summed E-state index contributed by atoms with van der Waals surface area (Å²) in [4.78, 5) is 0. The zero-order valence-electron chi connectivity index (χ0n) is 7.50. The van der Waals surface area contributed by atoms with Crippen LogP contribution in [0, 0.1) is 0 Å². The highest BCUT2D eigenvalue weighted by molar-refractivity contribution is 5.30. The lowest BCUT2D eigenvalue weighted by Crippen LogP contribution is -2.11. The van der Waals surface area contributed by atoms with Crippen LogP contribution in [0.4, 0.5) is 14.5 Å². The highest BCUT2D eigenvalue weighted by atomic mass is 19.3. The van der Waals surface area contributed by atoms with Gasteiger partial charge in [0.05, 0.1) is 11.9 Å². The van der Waals surface area contributed by atoms with Crippen LogP contribution in [-0.4, -0.2) is 15.7 Å². The molecule has 0 unspecified atom stereocenters. The fraction of sp³-hybridized carbons (Fsp3) is 0.625.